The second-order valence-electron chi connectivity index (χ2n) is 2.10. The Kier molecular flexibility index (Phi) is 2.97. The number of ether oxygens (including phenoxy) is 1. The number of halogens is 3. The fraction of sp³-hybridized carbons (Fsp3) is 0.286. The van der Waals surface area contributed by atoms with Crippen molar-refractivity contribution >= 4 is 15.9 Å². The summed E-state index contributed by atoms with van der Waals surface area (Å²) >= 11 is 3.19. The minimum absolute atomic E-state index is 0.0642. The summed E-state index contributed by atoms with van der Waals surface area (Å²) in [5, 5.41) is 0. The van der Waals surface area contributed by atoms with Gasteiger partial charge in [0.05, 0.1) is 5.69 Å². The molecule has 0 aliphatic heterocycles. The third kappa shape index (κ3) is 2.41. The zero-order valence-corrected chi connectivity index (χ0v) is 7.81. The summed E-state index contributed by atoms with van der Waals surface area (Å²) in [5.74, 6) is -0.0642. The van der Waals surface area contributed by atoms with Crippen molar-refractivity contribution in [3.63, 3.8) is 0 Å². The molecule has 1 rings (SSSR count). The van der Waals surface area contributed by atoms with Crippen LogP contribution in [0.1, 0.15) is 5.69 Å². The SMILES string of the molecule is Cc1nc(OC(F)F)ccc1Br. The minimum atomic E-state index is -2.82. The number of nitrogens with zero attached hydrogens (tertiary/aromatic N) is 1. The van der Waals surface area contributed by atoms with Crippen LogP contribution >= 0.6 is 15.9 Å². The van der Waals surface area contributed by atoms with E-state index in [0.29, 0.717) is 5.69 Å². The number of aromatic nitrogens is 1. The molecule has 0 radical (unpaired) electrons. The smallest absolute Gasteiger partial charge is 0.388 e. The Morgan fingerprint density at radius 2 is 2.17 bits per heavy atom. The van der Waals surface area contributed by atoms with Crippen molar-refractivity contribution < 1.29 is 13.5 Å². The summed E-state index contributed by atoms with van der Waals surface area (Å²) < 4.78 is 28.2. The summed E-state index contributed by atoms with van der Waals surface area (Å²) in [6.45, 7) is -1.12. The fourth-order valence-electron chi connectivity index (χ4n) is 0.678. The zero-order chi connectivity index (χ0) is 9.14. The molecule has 5 heteroatoms. The second-order valence-corrected chi connectivity index (χ2v) is 2.95. The van der Waals surface area contributed by atoms with Gasteiger partial charge in [0.1, 0.15) is 0 Å². The standard InChI is InChI=1S/C7H6BrF2NO/c1-4-5(8)2-3-6(11-4)12-7(9)10/h2-3,7H,1H3. The lowest BCUT2D eigenvalue weighted by molar-refractivity contribution is -0.0529. The van der Waals surface area contributed by atoms with Gasteiger partial charge in [-0.3, -0.25) is 0 Å². The fourth-order valence-corrected chi connectivity index (χ4v) is 0.899. The number of hydrogen-bond acceptors (Lipinski definition) is 2. The van der Waals surface area contributed by atoms with Gasteiger partial charge in [-0.25, -0.2) is 4.98 Å². The van der Waals surface area contributed by atoms with Gasteiger partial charge >= 0.3 is 6.61 Å². The third-order valence-corrected chi connectivity index (χ3v) is 2.04. The first kappa shape index (κ1) is 9.38. The highest BCUT2D eigenvalue weighted by atomic mass is 79.9. The molecule has 0 fully saturated rings. The van der Waals surface area contributed by atoms with Gasteiger partial charge in [-0.2, -0.15) is 8.78 Å². The van der Waals surface area contributed by atoms with Crippen molar-refractivity contribution in [1.82, 2.24) is 4.98 Å². The maximum Gasteiger partial charge on any atom is 0.388 e. The van der Waals surface area contributed by atoms with Crippen LogP contribution in [0.25, 0.3) is 0 Å². The van der Waals surface area contributed by atoms with Crippen LogP contribution in [-0.2, 0) is 0 Å². The van der Waals surface area contributed by atoms with Crippen LogP contribution in [0.3, 0.4) is 0 Å². The molecule has 0 saturated heterocycles. The Morgan fingerprint density at radius 1 is 1.50 bits per heavy atom. The first-order valence-electron chi connectivity index (χ1n) is 3.17. The van der Waals surface area contributed by atoms with Crippen molar-refractivity contribution in [2.45, 2.75) is 13.5 Å². The first-order valence-corrected chi connectivity index (χ1v) is 3.97. The average Bonchev–Trinajstić information content (AvgIpc) is 1.96. The van der Waals surface area contributed by atoms with Crippen molar-refractivity contribution in [2.24, 2.45) is 0 Å². The molecule has 12 heavy (non-hydrogen) atoms. The lowest BCUT2D eigenvalue weighted by Gasteiger charge is -2.04. The summed E-state index contributed by atoms with van der Waals surface area (Å²) in [6, 6.07) is 2.99. The first-order chi connectivity index (χ1) is 5.59. The van der Waals surface area contributed by atoms with Crippen molar-refractivity contribution in [1.29, 1.82) is 0 Å². The van der Waals surface area contributed by atoms with Crippen molar-refractivity contribution in [3.05, 3.63) is 22.3 Å². The van der Waals surface area contributed by atoms with Gasteiger partial charge in [-0.1, -0.05) is 0 Å². The molecule has 1 aromatic rings. The van der Waals surface area contributed by atoms with Gasteiger partial charge in [0.25, 0.3) is 0 Å². The molecule has 2 nitrogen and oxygen atoms in total. The number of rotatable bonds is 2. The molecule has 0 saturated carbocycles. The summed E-state index contributed by atoms with van der Waals surface area (Å²) in [4.78, 5) is 3.76. The predicted molar refractivity (Wildman–Crippen MR) is 43.3 cm³/mol. The monoisotopic (exact) mass is 237 g/mol. The Balaban J connectivity index is 2.82. The number of alkyl halides is 2. The van der Waals surface area contributed by atoms with Crippen LogP contribution in [0.4, 0.5) is 8.78 Å². The van der Waals surface area contributed by atoms with Gasteiger partial charge in [-0.15, -0.1) is 0 Å². The quantitative estimate of drug-likeness (QED) is 0.790. The Bertz CT molecular complexity index is 280. The lowest BCUT2D eigenvalue weighted by Crippen LogP contribution is -2.03. The van der Waals surface area contributed by atoms with Crippen LogP contribution < -0.4 is 4.74 Å². The third-order valence-electron chi connectivity index (χ3n) is 1.21. The normalized spacial score (nSPS) is 10.4. The molecule has 0 atom stereocenters. The lowest BCUT2D eigenvalue weighted by atomic mass is 10.4. The van der Waals surface area contributed by atoms with Crippen LogP contribution in [0.2, 0.25) is 0 Å². The van der Waals surface area contributed by atoms with E-state index in [4.69, 9.17) is 0 Å². The van der Waals surface area contributed by atoms with E-state index in [1.807, 2.05) is 0 Å². The van der Waals surface area contributed by atoms with E-state index in [0.717, 1.165) is 4.47 Å². The number of aryl methyl sites for hydroxylation is 1. The molecular formula is C7H6BrF2NO. The van der Waals surface area contributed by atoms with E-state index in [-0.39, 0.29) is 5.88 Å². The van der Waals surface area contributed by atoms with Crippen molar-refractivity contribution in [3.8, 4) is 5.88 Å². The maximum atomic E-state index is 11.7. The molecule has 0 amide bonds. The molecule has 0 aliphatic rings. The largest absolute Gasteiger partial charge is 0.417 e. The van der Waals surface area contributed by atoms with Gasteiger partial charge < -0.3 is 4.74 Å². The van der Waals surface area contributed by atoms with E-state index in [1.54, 1.807) is 13.0 Å². The van der Waals surface area contributed by atoms with E-state index in [1.165, 1.54) is 6.07 Å². The predicted octanol–water partition coefficient (Wildman–Crippen LogP) is 2.75. The number of hydrogen-bond donors (Lipinski definition) is 0. The molecule has 0 bridgehead atoms. The van der Waals surface area contributed by atoms with E-state index >= 15 is 0 Å². The molecule has 0 aromatic carbocycles. The molecule has 0 spiro atoms. The Morgan fingerprint density at radius 3 is 2.67 bits per heavy atom. The van der Waals surface area contributed by atoms with Crippen LogP contribution in [0.5, 0.6) is 5.88 Å². The van der Waals surface area contributed by atoms with Gasteiger partial charge in [0, 0.05) is 10.5 Å². The molecule has 0 unspecified atom stereocenters. The Labute approximate surface area is 76.7 Å². The minimum Gasteiger partial charge on any atom is -0.417 e. The highest BCUT2D eigenvalue weighted by molar-refractivity contribution is 9.10. The Hall–Kier alpha value is -0.710. The summed E-state index contributed by atoms with van der Waals surface area (Å²) in [7, 11) is 0. The highest BCUT2D eigenvalue weighted by Gasteiger charge is 2.05. The van der Waals surface area contributed by atoms with Crippen LogP contribution in [0.15, 0.2) is 16.6 Å². The van der Waals surface area contributed by atoms with E-state index < -0.39 is 6.61 Å². The number of pyridine rings is 1. The highest BCUT2D eigenvalue weighted by Crippen LogP contribution is 2.18. The van der Waals surface area contributed by atoms with E-state index in [9.17, 15) is 8.78 Å². The molecule has 1 aromatic heterocycles. The zero-order valence-electron chi connectivity index (χ0n) is 6.22. The van der Waals surface area contributed by atoms with Gasteiger partial charge in [-0.05, 0) is 28.9 Å². The average molecular weight is 238 g/mol. The molecule has 66 valence electrons. The van der Waals surface area contributed by atoms with Crippen molar-refractivity contribution in [2.75, 3.05) is 0 Å². The topological polar surface area (TPSA) is 22.1 Å². The molecule has 0 aliphatic carbocycles. The second kappa shape index (κ2) is 3.80. The molecular weight excluding hydrogens is 232 g/mol. The summed E-state index contributed by atoms with van der Waals surface area (Å²) in [6.07, 6.45) is 0. The maximum absolute atomic E-state index is 11.7. The van der Waals surface area contributed by atoms with Gasteiger partial charge in [0.2, 0.25) is 5.88 Å². The molecule has 0 N–H and O–H groups in total. The van der Waals surface area contributed by atoms with Crippen LogP contribution in [-0.4, -0.2) is 11.6 Å². The summed E-state index contributed by atoms with van der Waals surface area (Å²) in [5.41, 5.74) is 0.619. The van der Waals surface area contributed by atoms with Gasteiger partial charge in [0.15, 0.2) is 0 Å². The molecule has 1 heterocycles. The van der Waals surface area contributed by atoms with E-state index in [2.05, 4.69) is 25.7 Å². The van der Waals surface area contributed by atoms with Crippen LogP contribution in [0, 0.1) is 6.92 Å².